The molecule has 2 fully saturated rings. The van der Waals surface area contributed by atoms with Gasteiger partial charge in [0.25, 0.3) is 8.32 Å². The van der Waals surface area contributed by atoms with Gasteiger partial charge in [-0.15, -0.1) is 0 Å². The zero-order valence-corrected chi connectivity index (χ0v) is 32.9. The zero-order valence-electron chi connectivity index (χ0n) is 31.1. The predicted molar refractivity (Wildman–Crippen MR) is 216 cm³/mol. The van der Waals surface area contributed by atoms with Gasteiger partial charge in [0.2, 0.25) is 11.8 Å². The van der Waals surface area contributed by atoms with Gasteiger partial charge in [0, 0.05) is 13.2 Å². The summed E-state index contributed by atoms with van der Waals surface area (Å²) in [6.45, 7) is 6.97. The summed E-state index contributed by atoms with van der Waals surface area (Å²) in [5, 5.41) is 23.7. The van der Waals surface area contributed by atoms with Gasteiger partial charge in [-0.3, -0.25) is 19.5 Å². The van der Waals surface area contributed by atoms with Crippen LogP contribution in [0.25, 0.3) is 11.6 Å². The van der Waals surface area contributed by atoms with E-state index in [4.69, 9.17) is 20.7 Å². The number of allylic oxidation sites excluding steroid dienone is 1. The van der Waals surface area contributed by atoms with E-state index in [-0.39, 0.29) is 41.4 Å². The van der Waals surface area contributed by atoms with Gasteiger partial charge in [-0.2, -0.15) is 0 Å². The van der Waals surface area contributed by atoms with Gasteiger partial charge in [0.15, 0.2) is 0 Å². The molecule has 7 rings (SSSR count). The quantitative estimate of drug-likeness (QED) is 0.104. The third-order valence-corrected chi connectivity index (χ3v) is 16.7. The van der Waals surface area contributed by atoms with Crippen LogP contribution in [0.1, 0.15) is 51.3 Å². The number of hydrogen-bond donors (Lipinski definition) is 2. The summed E-state index contributed by atoms with van der Waals surface area (Å²) in [6.07, 6.45) is 4.73. The van der Waals surface area contributed by atoms with Crippen molar-refractivity contribution in [3.8, 4) is 5.75 Å². The van der Waals surface area contributed by atoms with Crippen molar-refractivity contribution in [3.05, 3.63) is 131 Å². The van der Waals surface area contributed by atoms with Gasteiger partial charge in [-0.1, -0.05) is 99.1 Å². The number of pyridine rings is 1. The lowest BCUT2D eigenvalue weighted by atomic mass is 9.58. The lowest BCUT2D eigenvalue weighted by molar-refractivity contribution is -0.138. The number of likely N-dealkylation sites (tertiary alicyclic amines) is 1. The Morgan fingerprint density at radius 1 is 0.981 bits per heavy atom. The molecular formula is C43H46BClN2O6Si. The Bertz CT molecular complexity index is 2030. The Balaban J connectivity index is 1.31. The minimum absolute atomic E-state index is 0.0770. The number of carbonyl (C=O) groups is 2. The number of amides is 2. The minimum Gasteiger partial charge on any atom is -0.508 e. The van der Waals surface area contributed by atoms with Crippen LogP contribution in [0.15, 0.2) is 114 Å². The van der Waals surface area contributed by atoms with Crippen molar-refractivity contribution in [2.75, 3.05) is 13.7 Å². The SMILES string of the molecule is CN1C(=O)[C@@H]2[C@@H](CC(CO[Si](c3ccccc3)(c3ccccc3)C(C)(C)C)=C3[C@@H](CC/C(=C/c4ccc(O)cc4Cl)c4ccccn4)OB(O)C[C@@H]32)C1=O. The second-order valence-corrected chi connectivity index (χ2v) is 20.3. The predicted octanol–water partition coefficient (Wildman–Crippen LogP) is 6.76. The van der Waals surface area contributed by atoms with Crippen molar-refractivity contribution in [3.63, 3.8) is 0 Å². The Labute approximate surface area is 323 Å². The number of hydrogen-bond acceptors (Lipinski definition) is 7. The van der Waals surface area contributed by atoms with Gasteiger partial charge in [-0.05, 0) is 106 Å². The van der Waals surface area contributed by atoms with Crippen LogP contribution in [0.2, 0.25) is 16.4 Å². The molecule has 2 aliphatic heterocycles. The second-order valence-electron chi connectivity index (χ2n) is 15.6. The molecule has 0 spiro atoms. The number of aromatic hydroxyl groups is 1. The van der Waals surface area contributed by atoms with Crippen LogP contribution in [0.3, 0.4) is 0 Å². The van der Waals surface area contributed by atoms with E-state index in [1.165, 1.54) is 11.0 Å². The van der Waals surface area contributed by atoms with Crippen LogP contribution in [-0.4, -0.2) is 67.0 Å². The Morgan fingerprint density at radius 3 is 2.26 bits per heavy atom. The first kappa shape index (κ1) is 38.0. The molecular weight excluding hydrogens is 715 g/mol. The highest BCUT2D eigenvalue weighted by atomic mass is 35.5. The van der Waals surface area contributed by atoms with E-state index >= 15 is 0 Å². The minimum atomic E-state index is -2.97. The average molecular weight is 761 g/mol. The molecule has 3 aromatic carbocycles. The molecule has 11 heteroatoms. The van der Waals surface area contributed by atoms with E-state index in [9.17, 15) is 19.7 Å². The number of phenols is 1. The van der Waals surface area contributed by atoms with Crippen molar-refractivity contribution >= 4 is 60.9 Å². The molecule has 3 heterocycles. The summed E-state index contributed by atoms with van der Waals surface area (Å²) in [5.41, 5.74) is 4.32. The molecule has 2 amide bonds. The number of halogens is 1. The van der Waals surface area contributed by atoms with Gasteiger partial charge in [0.05, 0.1) is 35.3 Å². The highest BCUT2D eigenvalue weighted by molar-refractivity contribution is 6.99. The third kappa shape index (κ3) is 7.13. The standard InChI is InChI=1S/C43H46BClN2O6Si/c1-43(2,3)54(32-13-7-5-8-14-32,33-15-9-6-10-16-33)52-27-30-24-34-40(42(50)47(4)41(34)49)35-26-44(51)53-38(39(30)35)21-19-29(37-17-11-12-22-46-37)23-28-18-20-31(48)25-36(28)45/h5-18,20,22-23,25,34-35,38,40,48,51H,19,21,24,26-27H2,1-4H3/b29-23-/t34-,35+,38-,40-/m1/s1. The summed E-state index contributed by atoms with van der Waals surface area (Å²) < 4.78 is 13.9. The Kier molecular flexibility index (Phi) is 10.9. The number of nitrogens with zero attached hydrogens (tertiary/aromatic N) is 2. The first-order valence-corrected chi connectivity index (χ1v) is 20.9. The molecule has 0 saturated carbocycles. The molecule has 2 saturated heterocycles. The molecule has 0 radical (unpaired) electrons. The van der Waals surface area contributed by atoms with Crippen molar-refractivity contribution in [2.45, 2.75) is 57.5 Å². The van der Waals surface area contributed by atoms with Gasteiger partial charge in [-0.25, -0.2) is 0 Å². The van der Waals surface area contributed by atoms with Gasteiger partial charge < -0.3 is 19.2 Å². The fourth-order valence-corrected chi connectivity index (χ4v) is 13.7. The van der Waals surface area contributed by atoms with Crippen molar-refractivity contribution < 1.29 is 28.8 Å². The molecule has 278 valence electrons. The van der Waals surface area contributed by atoms with Gasteiger partial charge in [0.1, 0.15) is 5.75 Å². The Hall–Kier alpha value is -4.32. The number of benzene rings is 3. The maximum atomic E-state index is 13.7. The molecule has 2 N–H and O–H groups in total. The van der Waals surface area contributed by atoms with Crippen molar-refractivity contribution in [1.29, 1.82) is 0 Å². The van der Waals surface area contributed by atoms with Crippen LogP contribution >= 0.6 is 11.6 Å². The van der Waals surface area contributed by atoms with Crippen LogP contribution < -0.4 is 10.4 Å². The topological polar surface area (TPSA) is 109 Å². The van der Waals surface area contributed by atoms with E-state index in [2.05, 4.69) is 74.3 Å². The van der Waals surface area contributed by atoms with Crippen LogP contribution in [0.5, 0.6) is 5.75 Å². The average Bonchev–Trinajstić information content (AvgIpc) is 3.38. The largest absolute Gasteiger partial charge is 0.508 e. The first-order valence-electron chi connectivity index (χ1n) is 18.6. The maximum absolute atomic E-state index is 13.7. The second kappa shape index (κ2) is 15.4. The normalized spacial score (nSPS) is 22.1. The Morgan fingerprint density at radius 2 is 1.65 bits per heavy atom. The number of aromatic nitrogens is 1. The summed E-state index contributed by atoms with van der Waals surface area (Å²) in [5.74, 6) is -1.80. The number of carbonyl (C=O) groups excluding carboxylic acids is 2. The maximum Gasteiger partial charge on any atom is 0.455 e. The number of imide groups is 1. The first-order chi connectivity index (χ1) is 25.9. The summed E-state index contributed by atoms with van der Waals surface area (Å²) in [6, 6.07) is 31.5. The molecule has 4 atom stereocenters. The molecule has 0 bridgehead atoms. The smallest absolute Gasteiger partial charge is 0.455 e. The van der Waals surface area contributed by atoms with Crippen LogP contribution in [0.4, 0.5) is 0 Å². The molecule has 0 unspecified atom stereocenters. The van der Waals surface area contributed by atoms with Crippen molar-refractivity contribution in [1.82, 2.24) is 9.88 Å². The molecule has 1 aliphatic carbocycles. The lowest BCUT2D eigenvalue weighted by Gasteiger charge is -2.46. The number of phenolic OH excluding ortho intramolecular Hbond substituents is 1. The van der Waals surface area contributed by atoms with Crippen LogP contribution in [-0.2, 0) is 18.7 Å². The fourth-order valence-electron chi connectivity index (χ4n) is 8.95. The molecule has 4 aromatic rings. The third-order valence-electron chi connectivity index (χ3n) is 11.4. The highest BCUT2D eigenvalue weighted by Crippen LogP contribution is 2.51. The van der Waals surface area contributed by atoms with Crippen LogP contribution in [0, 0.1) is 17.8 Å². The zero-order chi connectivity index (χ0) is 38.2. The van der Waals surface area contributed by atoms with E-state index in [0.29, 0.717) is 24.3 Å². The van der Waals surface area contributed by atoms with E-state index in [0.717, 1.165) is 38.4 Å². The summed E-state index contributed by atoms with van der Waals surface area (Å²) in [7, 11) is -2.52. The fraction of sp³-hybridized carbons (Fsp3) is 0.326. The summed E-state index contributed by atoms with van der Waals surface area (Å²) in [4.78, 5) is 33.3. The van der Waals surface area contributed by atoms with E-state index in [1.54, 1.807) is 25.4 Å². The lowest BCUT2D eigenvalue weighted by Crippen LogP contribution is -2.66. The molecule has 54 heavy (non-hydrogen) atoms. The van der Waals surface area contributed by atoms with E-state index < -0.39 is 33.4 Å². The number of rotatable bonds is 10. The monoisotopic (exact) mass is 760 g/mol. The molecule has 1 aromatic heterocycles. The molecule has 3 aliphatic rings. The van der Waals surface area contributed by atoms with Crippen molar-refractivity contribution in [2.24, 2.45) is 17.8 Å². The number of fused-ring (bicyclic) bond motifs is 3. The highest BCUT2D eigenvalue weighted by Gasteiger charge is 2.57. The van der Waals surface area contributed by atoms with Gasteiger partial charge >= 0.3 is 7.12 Å². The molecule has 8 nitrogen and oxygen atoms in total. The van der Waals surface area contributed by atoms with E-state index in [1.807, 2.05) is 36.4 Å². The summed E-state index contributed by atoms with van der Waals surface area (Å²) >= 11 is 6.56.